The van der Waals surface area contributed by atoms with E-state index < -0.39 is 56.5 Å². The number of amides is 1. The Morgan fingerprint density at radius 3 is 2.30 bits per heavy atom. The van der Waals surface area contributed by atoms with Crippen molar-refractivity contribution in [3.8, 4) is 17.0 Å². The second-order valence-corrected chi connectivity index (χ2v) is 13.8. The van der Waals surface area contributed by atoms with Crippen molar-refractivity contribution in [3.05, 3.63) is 34.5 Å². The number of hydrogen-bond acceptors (Lipinski definition) is 6. The van der Waals surface area contributed by atoms with Crippen molar-refractivity contribution < 1.29 is 44.7 Å². The summed E-state index contributed by atoms with van der Waals surface area (Å²) in [4.78, 5) is 24.9. The van der Waals surface area contributed by atoms with Gasteiger partial charge in [-0.3, -0.25) is 14.3 Å². The smallest absolute Gasteiger partial charge is 0.394 e. The first-order valence-corrected chi connectivity index (χ1v) is 15.8. The van der Waals surface area contributed by atoms with E-state index in [0.717, 1.165) is 19.9 Å². The summed E-state index contributed by atoms with van der Waals surface area (Å²) in [5.74, 6) is -1.10. The number of aromatic nitrogens is 2. The molecule has 15 heteroatoms. The molecule has 1 amide bonds. The SMILES string of the molecule is CCC(=O)S(=O)(=O)C1CCC(CNC(=O)c2nn(CC)c(-c3ccc(CC(C)(C)C(F)(F)F)cc3OC(F)F)c2Cl)CC1. The van der Waals surface area contributed by atoms with E-state index in [-0.39, 0.29) is 53.0 Å². The van der Waals surface area contributed by atoms with Crippen LogP contribution in [0.15, 0.2) is 18.2 Å². The lowest BCUT2D eigenvalue weighted by molar-refractivity contribution is -0.211. The van der Waals surface area contributed by atoms with E-state index in [0.29, 0.717) is 25.7 Å². The minimum Gasteiger partial charge on any atom is -0.434 e. The molecule has 0 aliphatic heterocycles. The molecular weight excluding hydrogens is 621 g/mol. The molecule has 1 aromatic heterocycles. The highest BCUT2D eigenvalue weighted by molar-refractivity contribution is 8.06. The maximum Gasteiger partial charge on any atom is 0.394 e. The Balaban J connectivity index is 1.81. The van der Waals surface area contributed by atoms with Gasteiger partial charge in [0, 0.05) is 25.1 Å². The summed E-state index contributed by atoms with van der Waals surface area (Å²) in [6, 6.07) is 3.77. The molecule has 0 atom stereocenters. The first-order chi connectivity index (χ1) is 19.9. The highest BCUT2D eigenvalue weighted by Crippen LogP contribution is 2.43. The number of alkyl halides is 5. The van der Waals surface area contributed by atoms with Crippen LogP contribution in [-0.4, -0.2) is 53.8 Å². The lowest BCUT2D eigenvalue weighted by atomic mass is 9.84. The fourth-order valence-corrected chi connectivity index (χ4v) is 7.09. The van der Waals surface area contributed by atoms with Crippen molar-refractivity contribution >= 4 is 32.5 Å². The topological polar surface area (TPSA) is 107 Å². The van der Waals surface area contributed by atoms with Crippen molar-refractivity contribution in [1.82, 2.24) is 15.1 Å². The number of carbonyl (C=O) groups is 2. The molecular formula is C28H35ClF5N3O5S. The number of rotatable bonds is 11. The van der Waals surface area contributed by atoms with Gasteiger partial charge in [-0.25, -0.2) is 8.42 Å². The average Bonchev–Trinajstić information content (AvgIpc) is 3.26. The second-order valence-electron chi connectivity index (χ2n) is 11.2. The molecule has 0 spiro atoms. The largest absolute Gasteiger partial charge is 0.434 e. The van der Waals surface area contributed by atoms with Gasteiger partial charge in [0.1, 0.15) is 5.75 Å². The van der Waals surface area contributed by atoms with Gasteiger partial charge >= 0.3 is 12.8 Å². The predicted molar refractivity (Wildman–Crippen MR) is 151 cm³/mol. The van der Waals surface area contributed by atoms with Crippen LogP contribution >= 0.6 is 11.6 Å². The Labute approximate surface area is 252 Å². The molecule has 1 N–H and O–H groups in total. The number of sulfone groups is 1. The summed E-state index contributed by atoms with van der Waals surface area (Å²) in [5, 5.41) is 5.31. The zero-order chi connectivity index (χ0) is 32.3. The number of nitrogens with one attached hydrogen (secondary N) is 1. The van der Waals surface area contributed by atoms with Crippen LogP contribution in [0.1, 0.15) is 75.9 Å². The van der Waals surface area contributed by atoms with Crippen molar-refractivity contribution in [1.29, 1.82) is 0 Å². The lowest BCUT2D eigenvalue weighted by Crippen LogP contribution is -2.36. The highest BCUT2D eigenvalue weighted by Gasteiger charge is 2.47. The number of halogens is 6. The van der Waals surface area contributed by atoms with Gasteiger partial charge in [0.15, 0.2) is 5.69 Å². The Morgan fingerprint density at radius 1 is 1.14 bits per heavy atom. The quantitative estimate of drug-likeness (QED) is 0.274. The van der Waals surface area contributed by atoms with Gasteiger partial charge in [0.25, 0.3) is 5.91 Å². The van der Waals surface area contributed by atoms with Crippen molar-refractivity contribution in [2.24, 2.45) is 11.3 Å². The molecule has 0 saturated heterocycles. The molecule has 8 nitrogen and oxygen atoms in total. The molecule has 0 unspecified atom stereocenters. The molecule has 1 aliphatic rings. The van der Waals surface area contributed by atoms with Gasteiger partial charge in [0.2, 0.25) is 15.0 Å². The van der Waals surface area contributed by atoms with Gasteiger partial charge in [-0.2, -0.15) is 27.1 Å². The third-order valence-corrected chi connectivity index (χ3v) is 10.4. The predicted octanol–water partition coefficient (Wildman–Crippen LogP) is 6.60. The minimum absolute atomic E-state index is 0.0217. The van der Waals surface area contributed by atoms with Crippen molar-refractivity contribution in [2.45, 2.75) is 90.8 Å². The summed E-state index contributed by atoms with van der Waals surface area (Å²) in [5.41, 5.74) is -2.11. The van der Waals surface area contributed by atoms with Gasteiger partial charge in [0.05, 0.1) is 21.4 Å². The highest BCUT2D eigenvalue weighted by atomic mass is 35.5. The summed E-state index contributed by atoms with van der Waals surface area (Å²) in [7, 11) is -3.84. The summed E-state index contributed by atoms with van der Waals surface area (Å²) in [6.07, 6.45) is -3.55. The lowest BCUT2D eigenvalue weighted by Gasteiger charge is -2.28. The summed E-state index contributed by atoms with van der Waals surface area (Å²) in [6.45, 7) is 2.27. The third kappa shape index (κ3) is 7.86. The van der Waals surface area contributed by atoms with Crippen LogP contribution in [0.5, 0.6) is 5.75 Å². The van der Waals surface area contributed by atoms with Gasteiger partial charge in [-0.1, -0.05) is 38.4 Å². The van der Waals surface area contributed by atoms with Crippen LogP contribution in [0.3, 0.4) is 0 Å². The van der Waals surface area contributed by atoms with E-state index in [2.05, 4.69) is 15.2 Å². The Bertz CT molecular complexity index is 1430. The first kappa shape index (κ1) is 34.7. The number of aryl methyl sites for hydroxylation is 1. The molecule has 0 radical (unpaired) electrons. The zero-order valence-electron chi connectivity index (χ0n) is 24.2. The van der Waals surface area contributed by atoms with E-state index in [9.17, 15) is 40.0 Å². The van der Waals surface area contributed by atoms with E-state index in [4.69, 9.17) is 11.6 Å². The maximum absolute atomic E-state index is 13.4. The normalized spacial score (nSPS) is 18.1. The van der Waals surface area contributed by atoms with Crippen molar-refractivity contribution in [3.63, 3.8) is 0 Å². The second kappa shape index (κ2) is 13.5. The zero-order valence-corrected chi connectivity index (χ0v) is 25.8. The third-order valence-electron chi connectivity index (χ3n) is 7.73. The number of ether oxygens (including phenoxy) is 1. The van der Waals surface area contributed by atoms with E-state index in [1.165, 1.54) is 23.7 Å². The van der Waals surface area contributed by atoms with Crippen molar-refractivity contribution in [2.75, 3.05) is 6.54 Å². The molecule has 3 rings (SSSR count). The van der Waals surface area contributed by atoms with Crippen LogP contribution in [0.2, 0.25) is 5.02 Å². The van der Waals surface area contributed by atoms with Gasteiger partial charge in [-0.15, -0.1) is 0 Å². The Hall–Kier alpha value is -2.74. The molecule has 1 saturated carbocycles. The first-order valence-electron chi connectivity index (χ1n) is 13.9. The van der Waals surface area contributed by atoms with Crippen LogP contribution < -0.4 is 10.1 Å². The molecule has 2 aromatic rings. The van der Waals surface area contributed by atoms with Gasteiger partial charge < -0.3 is 10.1 Å². The molecule has 43 heavy (non-hydrogen) atoms. The molecule has 1 aromatic carbocycles. The molecule has 1 fully saturated rings. The fourth-order valence-electron chi connectivity index (χ4n) is 5.10. The molecule has 240 valence electrons. The van der Waals surface area contributed by atoms with E-state index in [1.54, 1.807) is 6.92 Å². The van der Waals surface area contributed by atoms with Crippen LogP contribution in [0, 0.1) is 11.3 Å². The average molecular weight is 656 g/mol. The summed E-state index contributed by atoms with van der Waals surface area (Å²) >= 11 is 6.55. The minimum atomic E-state index is -4.53. The molecule has 1 heterocycles. The standard InChI is InChI=1S/C28H35ClF5N3O5S/c1-5-21(38)43(40,41)18-10-7-16(8-11-18)15-35-25(39)23-22(29)24(37(6-2)36-23)19-12-9-17(13-20(19)42-26(30)31)14-27(3,4)28(32,33)34/h9,12-13,16,18,26H,5-8,10-11,14-15H2,1-4H3,(H,35,39). The Morgan fingerprint density at radius 2 is 1.77 bits per heavy atom. The van der Waals surface area contributed by atoms with Crippen LogP contribution in [0.4, 0.5) is 22.0 Å². The van der Waals surface area contributed by atoms with Crippen LogP contribution in [0.25, 0.3) is 11.3 Å². The maximum atomic E-state index is 13.4. The number of benzene rings is 1. The van der Waals surface area contributed by atoms with Crippen LogP contribution in [-0.2, 0) is 27.6 Å². The Kier molecular flexibility index (Phi) is 10.9. The monoisotopic (exact) mass is 655 g/mol. The van der Waals surface area contributed by atoms with E-state index >= 15 is 0 Å². The molecule has 1 aliphatic carbocycles. The van der Waals surface area contributed by atoms with E-state index in [1.807, 2.05) is 0 Å². The summed E-state index contributed by atoms with van der Waals surface area (Å²) < 4.78 is 97.7. The number of nitrogens with zero attached hydrogens (tertiary/aromatic N) is 2. The number of carbonyl (C=O) groups excluding carboxylic acids is 2. The fraction of sp³-hybridized carbons (Fsp3) is 0.607. The number of hydrogen-bond donors (Lipinski definition) is 1. The molecule has 0 bridgehead atoms. The van der Waals surface area contributed by atoms with Gasteiger partial charge in [-0.05, 0) is 62.6 Å².